The van der Waals surface area contributed by atoms with Crippen LogP contribution in [0.25, 0.3) is 0 Å². The van der Waals surface area contributed by atoms with Crippen LogP contribution in [0.15, 0.2) is 29.6 Å². The summed E-state index contributed by atoms with van der Waals surface area (Å²) < 4.78 is 5.79. The van der Waals surface area contributed by atoms with Gasteiger partial charge in [-0.1, -0.05) is 12.1 Å². The predicted octanol–water partition coefficient (Wildman–Crippen LogP) is 3.72. The molecular formula is C18H23N3O2S. The van der Waals surface area contributed by atoms with Crippen molar-refractivity contribution >= 4 is 17.4 Å². The monoisotopic (exact) mass is 345 g/mol. The number of nitrogens with zero attached hydrogens (tertiary/aromatic N) is 2. The van der Waals surface area contributed by atoms with Gasteiger partial charge in [0.25, 0.3) is 0 Å². The van der Waals surface area contributed by atoms with Crippen LogP contribution in [0.1, 0.15) is 36.0 Å². The molecule has 0 unspecified atom stereocenters. The maximum absolute atomic E-state index is 12.1. The van der Waals surface area contributed by atoms with Gasteiger partial charge in [-0.25, -0.2) is 9.78 Å². The van der Waals surface area contributed by atoms with Crippen LogP contribution in [-0.2, 0) is 13.2 Å². The highest BCUT2D eigenvalue weighted by atomic mass is 32.1. The van der Waals surface area contributed by atoms with Gasteiger partial charge in [0.1, 0.15) is 17.4 Å². The third-order valence-electron chi connectivity index (χ3n) is 3.86. The summed E-state index contributed by atoms with van der Waals surface area (Å²) in [6.07, 6.45) is 2.18. The minimum absolute atomic E-state index is 0.00515. The number of carbonyl (C=O) groups excluding carboxylic acids is 1. The van der Waals surface area contributed by atoms with Gasteiger partial charge in [0, 0.05) is 18.0 Å². The second-order valence-corrected chi connectivity index (χ2v) is 6.97. The SMILES string of the molecule is CCNC(=O)N(Cc1csc(COc2cccc(C)c2)n1)C1CC1. The van der Waals surface area contributed by atoms with E-state index in [1.165, 1.54) is 5.56 Å². The molecule has 128 valence electrons. The molecule has 0 spiro atoms. The average molecular weight is 345 g/mol. The van der Waals surface area contributed by atoms with Crippen LogP contribution in [0.4, 0.5) is 4.79 Å². The molecule has 6 heteroatoms. The highest BCUT2D eigenvalue weighted by Crippen LogP contribution is 2.28. The first kappa shape index (κ1) is 16.8. The smallest absolute Gasteiger partial charge is 0.317 e. The molecule has 3 rings (SSSR count). The summed E-state index contributed by atoms with van der Waals surface area (Å²) in [6, 6.07) is 8.36. The first-order chi connectivity index (χ1) is 11.7. The fraction of sp³-hybridized carbons (Fsp3) is 0.444. The van der Waals surface area contributed by atoms with E-state index in [1.807, 2.05) is 48.4 Å². The normalized spacial score (nSPS) is 13.6. The Balaban J connectivity index is 1.57. The highest BCUT2D eigenvalue weighted by Gasteiger charge is 2.32. The lowest BCUT2D eigenvalue weighted by molar-refractivity contribution is 0.192. The maximum atomic E-state index is 12.1. The van der Waals surface area contributed by atoms with E-state index in [4.69, 9.17) is 4.74 Å². The zero-order valence-electron chi connectivity index (χ0n) is 14.1. The van der Waals surface area contributed by atoms with Crippen molar-refractivity contribution in [3.05, 3.63) is 45.9 Å². The van der Waals surface area contributed by atoms with E-state index in [2.05, 4.69) is 10.3 Å². The summed E-state index contributed by atoms with van der Waals surface area (Å²) in [5.74, 6) is 0.855. The lowest BCUT2D eigenvalue weighted by Crippen LogP contribution is -2.40. The number of aromatic nitrogens is 1. The number of nitrogens with one attached hydrogen (secondary N) is 1. The lowest BCUT2D eigenvalue weighted by atomic mass is 10.2. The van der Waals surface area contributed by atoms with Crippen molar-refractivity contribution in [3.8, 4) is 5.75 Å². The summed E-state index contributed by atoms with van der Waals surface area (Å²) in [4.78, 5) is 18.6. The molecule has 1 saturated carbocycles. The van der Waals surface area contributed by atoms with Gasteiger partial charge in [-0.3, -0.25) is 0 Å². The molecule has 1 N–H and O–H groups in total. The van der Waals surface area contributed by atoms with E-state index in [9.17, 15) is 4.79 Å². The molecule has 1 aliphatic carbocycles. The first-order valence-electron chi connectivity index (χ1n) is 8.33. The van der Waals surface area contributed by atoms with Crippen molar-refractivity contribution in [1.82, 2.24) is 15.2 Å². The largest absolute Gasteiger partial charge is 0.486 e. The van der Waals surface area contributed by atoms with E-state index in [0.29, 0.717) is 25.7 Å². The van der Waals surface area contributed by atoms with Crippen molar-refractivity contribution in [1.29, 1.82) is 0 Å². The summed E-state index contributed by atoms with van der Waals surface area (Å²) >= 11 is 1.58. The maximum Gasteiger partial charge on any atom is 0.317 e. The van der Waals surface area contributed by atoms with Crippen LogP contribution in [-0.4, -0.2) is 28.5 Å². The van der Waals surface area contributed by atoms with Gasteiger partial charge >= 0.3 is 6.03 Å². The fourth-order valence-electron chi connectivity index (χ4n) is 2.52. The second kappa shape index (κ2) is 7.66. The van der Waals surface area contributed by atoms with Crippen molar-refractivity contribution in [2.45, 2.75) is 45.9 Å². The van der Waals surface area contributed by atoms with Gasteiger partial charge in [0.05, 0.1) is 12.2 Å². The quantitative estimate of drug-likeness (QED) is 0.832. The number of benzene rings is 1. The third-order valence-corrected chi connectivity index (χ3v) is 4.73. The van der Waals surface area contributed by atoms with Crippen LogP contribution in [0.3, 0.4) is 0 Å². The molecule has 5 nitrogen and oxygen atoms in total. The summed E-state index contributed by atoms with van der Waals surface area (Å²) in [7, 11) is 0. The number of hydrogen-bond donors (Lipinski definition) is 1. The topological polar surface area (TPSA) is 54.5 Å². The molecule has 0 bridgehead atoms. The standard InChI is InChI=1S/C18H23N3O2S/c1-3-19-18(22)21(15-7-8-15)10-14-12-24-17(20-14)11-23-16-6-4-5-13(2)9-16/h4-6,9,12,15H,3,7-8,10-11H2,1-2H3,(H,19,22). The van der Waals surface area contributed by atoms with Gasteiger partial charge in [-0.15, -0.1) is 11.3 Å². The molecule has 1 heterocycles. The molecule has 24 heavy (non-hydrogen) atoms. The zero-order valence-corrected chi connectivity index (χ0v) is 14.9. The van der Waals surface area contributed by atoms with Crippen LogP contribution in [0.5, 0.6) is 5.75 Å². The Morgan fingerprint density at radius 2 is 2.29 bits per heavy atom. The Morgan fingerprint density at radius 3 is 3.00 bits per heavy atom. The average Bonchev–Trinajstić information content (AvgIpc) is 3.30. The van der Waals surface area contributed by atoms with E-state index in [0.717, 1.165) is 29.3 Å². The van der Waals surface area contributed by atoms with E-state index < -0.39 is 0 Å². The Labute approximate surface area is 146 Å². The number of aryl methyl sites for hydroxylation is 1. The van der Waals surface area contributed by atoms with Gasteiger partial charge in [-0.2, -0.15) is 0 Å². The molecule has 0 saturated heterocycles. The molecule has 1 fully saturated rings. The fourth-order valence-corrected chi connectivity index (χ4v) is 3.21. The Bertz CT molecular complexity index is 697. The molecule has 0 atom stereocenters. The molecule has 2 aromatic rings. The number of urea groups is 1. The van der Waals surface area contributed by atoms with Crippen LogP contribution in [0.2, 0.25) is 0 Å². The van der Waals surface area contributed by atoms with Crippen LogP contribution < -0.4 is 10.1 Å². The van der Waals surface area contributed by atoms with Crippen molar-refractivity contribution in [2.75, 3.05) is 6.54 Å². The highest BCUT2D eigenvalue weighted by molar-refractivity contribution is 7.09. The van der Waals surface area contributed by atoms with Gasteiger partial charge in [0.2, 0.25) is 0 Å². The predicted molar refractivity (Wildman–Crippen MR) is 95.3 cm³/mol. The van der Waals surface area contributed by atoms with E-state index in [-0.39, 0.29) is 6.03 Å². The van der Waals surface area contributed by atoms with Gasteiger partial charge in [0.15, 0.2) is 0 Å². The Kier molecular flexibility index (Phi) is 5.35. The molecule has 1 aliphatic rings. The zero-order chi connectivity index (χ0) is 16.9. The number of hydrogen-bond acceptors (Lipinski definition) is 4. The van der Waals surface area contributed by atoms with Crippen molar-refractivity contribution in [3.63, 3.8) is 0 Å². The number of rotatable bonds is 7. The second-order valence-electron chi connectivity index (χ2n) is 6.03. The summed E-state index contributed by atoms with van der Waals surface area (Å²) in [5, 5.41) is 5.83. The van der Waals surface area contributed by atoms with Gasteiger partial charge < -0.3 is 15.0 Å². The molecular weight excluding hydrogens is 322 g/mol. The number of ether oxygens (including phenoxy) is 1. The van der Waals surface area contributed by atoms with Crippen molar-refractivity contribution < 1.29 is 9.53 Å². The Morgan fingerprint density at radius 1 is 1.46 bits per heavy atom. The molecule has 0 aliphatic heterocycles. The summed E-state index contributed by atoms with van der Waals surface area (Å²) in [5.41, 5.74) is 2.11. The van der Waals surface area contributed by atoms with Crippen molar-refractivity contribution in [2.24, 2.45) is 0 Å². The number of carbonyl (C=O) groups is 1. The minimum Gasteiger partial charge on any atom is -0.486 e. The first-order valence-corrected chi connectivity index (χ1v) is 9.21. The van der Waals surface area contributed by atoms with E-state index >= 15 is 0 Å². The lowest BCUT2D eigenvalue weighted by Gasteiger charge is -2.21. The number of amides is 2. The van der Waals surface area contributed by atoms with Crippen LogP contribution in [0, 0.1) is 6.92 Å². The minimum atomic E-state index is 0.00515. The molecule has 2 amide bonds. The number of thiazole rings is 1. The third kappa shape index (κ3) is 4.47. The molecule has 1 aromatic heterocycles. The molecule has 0 radical (unpaired) electrons. The Hall–Kier alpha value is -2.08. The summed E-state index contributed by atoms with van der Waals surface area (Å²) in [6.45, 7) is 5.65. The van der Waals surface area contributed by atoms with Crippen LogP contribution >= 0.6 is 11.3 Å². The van der Waals surface area contributed by atoms with Gasteiger partial charge in [-0.05, 0) is 44.4 Å². The molecule has 1 aromatic carbocycles. The van der Waals surface area contributed by atoms with E-state index in [1.54, 1.807) is 11.3 Å².